The Labute approximate surface area is 133 Å². The minimum atomic E-state index is -0.218. The Balaban J connectivity index is 2.19. The molecule has 0 aliphatic heterocycles. The summed E-state index contributed by atoms with van der Waals surface area (Å²) < 4.78 is 11.6. The second-order valence-corrected chi connectivity index (χ2v) is 5.19. The third kappa shape index (κ3) is 2.97. The Morgan fingerprint density at radius 1 is 1.17 bits per heavy atom. The molecule has 0 saturated carbocycles. The number of nitrogens with one attached hydrogen (secondary N) is 1. The maximum Gasteiger partial charge on any atom is 0.260 e. The molecule has 0 aliphatic rings. The van der Waals surface area contributed by atoms with Gasteiger partial charge in [-0.2, -0.15) is 0 Å². The van der Waals surface area contributed by atoms with Gasteiger partial charge >= 0.3 is 0 Å². The van der Waals surface area contributed by atoms with Gasteiger partial charge in [-0.3, -0.25) is 4.79 Å². The molecule has 6 nitrogen and oxygen atoms in total. The summed E-state index contributed by atoms with van der Waals surface area (Å²) in [5, 5.41) is 1.19. The lowest BCUT2D eigenvalue weighted by Crippen LogP contribution is -2.08. The Kier molecular flexibility index (Phi) is 4.41. The minimum Gasteiger partial charge on any atom is -0.490 e. The quantitative estimate of drug-likeness (QED) is 0.559. The average Bonchev–Trinajstić information content (AvgIpc) is 2.56. The van der Waals surface area contributed by atoms with Crippen LogP contribution in [0.4, 0.5) is 0 Å². The SMILES string of the molecule is CCCCOc1ccc2nc3nc[nH]c(=O)c3cc2c1OCC. The molecule has 0 unspecified atom stereocenters. The predicted octanol–water partition coefficient (Wildman–Crippen LogP) is 3.05. The fourth-order valence-electron chi connectivity index (χ4n) is 2.42. The number of rotatable bonds is 6. The van der Waals surface area contributed by atoms with Gasteiger partial charge in [0, 0.05) is 5.39 Å². The van der Waals surface area contributed by atoms with Crippen LogP contribution in [0, 0.1) is 0 Å². The molecule has 120 valence electrons. The molecule has 2 heterocycles. The smallest absolute Gasteiger partial charge is 0.260 e. The van der Waals surface area contributed by atoms with Crippen molar-refractivity contribution in [2.24, 2.45) is 0 Å². The van der Waals surface area contributed by atoms with E-state index in [9.17, 15) is 4.79 Å². The van der Waals surface area contributed by atoms with Crippen molar-refractivity contribution in [3.05, 3.63) is 34.9 Å². The van der Waals surface area contributed by atoms with Gasteiger partial charge in [-0.05, 0) is 31.5 Å². The molecule has 0 bridgehead atoms. The Hall–Kier alpha value is -2.63. The van der Waals surface area contributed by atoms with Crippen molar-refractivity contribution in [3.8, 4) is 11.5 Å². The summed E-state index contributed by atoms with van der Waals surface area (Å²) in [4.78, 5) is 23.1. The Morgan fingerprint density at radius 2 is 2.04 bits per heavy atom. The molecule has 0 amide bonds. The maximum atomic E-state index is 12.0. The van der Waals surface area contributed by atoms with Crippen molar-refractivity contribution in [1.29, 1.82) is 0 Å². The largest absolute Gasteiger partial charge is 0.490 e. The fourth-order valence-corrected chi connectivity index (χ4v) is 2.42. The minimum absolute atomic E-state index is 0.218. The van der Waals surface area contributed by atoms with E-state index in [2.05, 4.69) is 21.9 Å². The van der Waals surface area contributed by atoms with E-state index < -0.39 is 0 Å². The van der Waals surface area contributed by atoms with Gasteiger partial charge in [-0.25, -0.2) is 9.97 Å². The number of fused-ring (bicyclic) bond motifs is 2. The predicted molar refractivity (Wildman–Crippen MR) is 89.2 cm³/mol. The first-order chi connectivity index (χ1) is 11.2. The highest BCUT2D eigenvalue weighted by Crippen LogP contribution is 2.36. The zero-order chi connectivity index (χ0) is 16.2. The maximum absolute atomic E-state index is 12.0. The number of pyridine rings is 1. The van der Waals surface area contributed by atoms with Crippen LogP contribution in [0.3, 0.4) is 0 Å². The van der Waals surface area contributed by atoms with Crippen molar-refractivity contribution in [2.75, 3.05) is 13.2 Å². The monoisotopic (exact) mass is 313 g/mol. The molecule has 0 saturated heterocycles. The van der Waals surface area contributed by atoms with E-state index in [0.717, 1.165) is 23.7 Å². The van der Waals surface area contributed by atoms with Crippen LogP contribution in [-0.2, 0) is 0 Å². The lowest BCUT2D eigenvalue weighted by Gasteiger charge is -2.14. The molecule has 2 aromatic heterocycles. The summed E-state index contributed by atoms with van der Waals surface area (Å²) in [6, 6.07) is 5.48. The Morgan fingerprint density at radius 3 is 2.83 bits per heavy atom. The van der Waals surface area contributed by atoms with Crippen molar-refractivity contribution >= 4 is 21.9 Å². The molecule has 0 fully saturated rings. The number of H-pyrrole nitrogens is 1. The highest BCUT2D eigenvalue weighted by Gasteiger charge is 2.13. The van der Waals surface area contributed by atoms with Crippen molar-refractivity contribution in [1.82, 2.24) is 15.0 Å². The van der Waals surface area contributed by atoms with E-state index in [1.165, 1.54) is 6.33 Å². The molecule has 1 aromatic carbocycles. The van der Waals surface area contributed by atoms with Crippen LogP contribution in [0.2, 0.25) is 0 Å². The topological polar surface area (TPSA) is 77.1 Å². The van der Waals surface area contributed by atoms with Crippen molar-refractivity contribution in [3.63, 3.8) is 0 Å². The first-order valence-corrected chi connectivity index (χ1v) is 7.81. The number of ether oxygens (including phenoxy) is 2. The summed E-state index contributed by atoms with van der Waals surface area (Å²) in [6.07, 6.45) is 3.39. The van der Waals surface area contributed by atoms with Gasteiger partial charge in [0.2, 0.25) is 0 Å². The van der Waals surface area contributed by atoms with Gasteiger partial charge in [0.15, 0.2) is 17.1 Å². The normalized spacial score (nSPS) is 11.0. The number of hydrogen-bond acceptors (Lipinski definition) is 5. The van der Waals surface area contributed by atoms with E-state index >= 15 is 0 Å². The summed E-state index contributed by atoms with van der Waals surface area (Å²) in [5.74, 6) is 1.30. The second-order valence-electron chi connectivity index (χ2n) is 5.19. The summed E-state index contributed by atoms with van der Waals surface area (Å²) in [7, 11) is 0. The van der Waals surface area contributed by atoms with Gasteiger partial charge in [0.05, 0.1) is 30.4 Å². The molecule has 0 aliphatic carbocycles. The lowest BCUT2D eigenvalue weighted by atomic mass is 10.1. The van der Waals surface area contributed by atoms with E-state index in [1.807, 2.05) is 19.1 Å². The Bertz CT molecular complexity index is 889. The van der Waals surface area contributed by atoms with Crippen LogP contribution in [0.15, 0.2) is 29.3 Å². The standard InChI is InChI=1S/C17H19N3O3/c1-3-5-8-23-14-7-6-13-11(15(14)22-4-2)9-12-16(20-13)18-10-19-17(12)21/h6-7,9-10H,3-5,8H2,1-2H3,(H,18,19,20,21). The second kappa shape index (κ2) is 6.64. The first-order valence-electron chi connectivity index (χ1n) is 7.81. The fraction of sp³-hybridized carbons (Fsp3) is 0.353. The third-order valence-electron chi connectivity index (χ3n) is 3.56. The lowest BCUT2D eigenvalue weighted by molar-refractivity contribution is 0.275. The molecule has 3 aromatic rings. The zero-order valence-electron chi connectivity index (χ0n) is 13.3. The van der Waals surface area contributed by atoms with E-state index in [-0.39, 0.29) is 5.56 Å². The van der Waals surface area contributed by atoms with Crippen LogP contribution < -0.4 is 15.0 Å². The highest BCUT2D eigenvalue weighted by molar-refractivity contribution is 5.95. The van der Waals surface area contributed by atoms with Gasteiger partial charge in [0.25, 0.3) is 5.56 Å². The molecule has 0 spiro atoms. The number of benzene rings is 1. The number of nitrogens with zero attached hydrogens (tertiary/aromatic N) is 2. The molecule has 23 heavy (non-hydrogen) atoms. The van der Waals surface area contributed by atoms with E-state index in [0.29, 0.717) is 35.7 Å². The molecule has 0 radical (unpaired) electrons. The molecule has 1 N–H and O–H groups in total. The number of aromatic nitrogens is 3. The number of hydrogen-bond donors (Lipinski definition) is 1. The van der Waals surface area contributed by atoms with Gasteiger partial charge in [-0.1, -0.05) is 13.3 Å². The summed E-state index contributed by atoms with van der Waals surface area (Å²) in [5.41, 5.74) is 0.925. The van der Waals surface area contributed by atoms with Crippen LogP contribution in [-0.4, -0.2) is 28.2 Å². The van der Waals surface area contributed by atoms with Crippen LogP contribution in [0.25, 0.3) is 21.9 Å². The van der Waals surface area contributed by atoms with E-state index in [4.69, 9.17) is 9.47 Å². The summed E-state index contributed by atoms with van der Waals surface area (Å²) in [6.45, 7) is 5.16. The van der Waals surface area contributed by atoms with Crippen molar-refractivity contribution in [2.45, 2.75) is 26.7 Å². The van der Waals surface area contributed by atoms with Crippen LogP contribution in [0.1, 0.15) is 26.7 Å². The van der Waals surface area contributed by atoms with E-state index in [1.54, 1.807) is 6.07 Å². The molecular weight excluding hydrogens is 294 g/mol. The first kappa shape index (κ1) is 15.3. The van der Waals surface area contributed by atoms with Gasteiger partial charge in [-0.15, -0.1) is 0 Å². The molecule has 6 heteroatoms. The molecule has 0 atom stereocenters. The number of unbranched alkanes of at least 4 members (excludes halogenated alkanes) is 1. The van der Waals surface area contributed by atoms with Crippen LogP contribution in [0.5, 0.6) is 11.5 Å². The third-order valence-corrected chi connectivity index (χ3v) is 3.56. The molecular formula is C17H19N3O3. The van der Waals surface area contributed by atoms with Crippen molar-refractivity contribution < 1.29 is 9.47 Å². The highest BCUT2D eigenvalue weighted by atomic mass is 16.5. The van der Waals surface area contributed by atoms with Gasteiger partial charge < -0.3 is 14.5 Å². The van der Waals surface area contributed by atoms with Gasteiger partial charge in [0.1, 0.15) is 0 Å². The summed E-state index contributed by atoms with van der Waals surface area (Å²) >= 11 is 0. The average molecular weight is 313 g/mol. The molecule has 3 rings (SSSR count). The number of aromatic amines is 1. The zero-order valence-corrected chi connectivity index (χ0v) is 13.3. The van der Waals surface area contributed by atoms with Crippen LogP contribution >= 0.6 is 0 Å².